The maximum absolute atomic E-state index is 2.46. The van der Waals surface area contributed by atoms with Crippen LogP contribution in [0.15, 0.2) is 237 Å². The van der Waals surface area contributed by atoms with Crippen LogP contribution in [0.25, 0.3) is 77.5 Å². The zero-order valence-electron chi connectivity index (χ0n) is 35.0. The standard InChI is InChI=1S/C61H45N/c1-61(2)58-26-14-12-24-55(58)56-39-38-50(41-59(56)61)62(49-36-34-44(35-37-49)43-28-30-45(31-29-43)48-33-32-42-16-6-7-19-47(42)40-48)60-27-15-13-25-57(60)54-23-11-10-22-53(54)52-21-9-8-20-51(52)46-17-4-3-5-18-46/h3-41H,1-2H3. The fourth-order valence-corrected chi connectivity index (χ4v) is 9.72. The summed E-state index contributed by atoms with van der Waals surface area (Å²) in [6.45, 7) is 4.72. The van der Waals surface area contributed by atoms with Crippen LogP contribution in [-0.2, 0) is 5.41 Å². The van der Waals surface area contributed by atoms with E-state index >= 15 is 0 Å². The first kappa shape index (κ1) is 37.3. The number of fused-ring (bicyclic) bond motifs is 4. The van der Waals surface area contributed by atoms with Gasteiger partial charge in [0.1, 0.15) is 0 Å². The molecule has 1 nitrogen and oxygen atoms in total. The van der Waals surface area contributed by atoms with E-state index in [4.69, 9.17) is 0 Å². The lowest BCUT2D eigenvalue weighted by atomic mass is 9.82. The van der Waals surface area contributed by atoms with Crippen molar-refractivity contribution in [3.8, 4) is 66.8 Å². The van der Waals surface area contributed by atoms with Crippen molar-refractivity contribution < 1.29 is 0 Å². The number of para-hydroxylation sites is 1. The van der Waals surface area contributed by atoms with Crippen molar-refractivity contribution >= 4 is 27.8 Å². The number of hydrogen-bond acceptors (Lipinski definition) is 1. The van der Waals surface area contributed by atoms with Gasteiger partial charge in [0, 0.05) is 22.4 Å². The molecule has 1 aliphatic carbocycles. The molecular weight excluding hydrogens is 747 g/mol. The van der Waals surface area contributed by atoms with Gasteiger partial charge in [-0.2, -0.15) is 0 Å². The molecule has 294 valence electrons. The molecule has 0 amide bonds. The van der Waals surface area contributed by atoms with Gasteiger partial charge in [0.25, 0.3) is 0 Å². The van der Waals surface area contributed by atoms with Crippen molar-refractivity contribution in [2.45, 2.75) is 19.3 Å². The van der Waals surface area contributed by atoms with E-state index in [9.17, 15) is 0 Å². The van der Waals surface area contributed by atoms with Crippen LogP contribution in [0.5, 0.6) is 0 Å². The van der Waals surface area contributed by atoms with Gasteiger partial charge in [0.15, 0.2) is 0 Å². The second-order valence-corrected chi connectivity index (χ2v) is 16.9. The lowest BCUT2D eigenvalue weighted by Gasteiger charge is -2.30. The van der Waals surface area contributed by atoms with Crippen LogP contribution < -0.4 is 4.90 Å². The van der Waals surface area contributed by atoms with Crippen molar-refractivity contribution in [1.29, 1.82) is 0 Å². The first-order valence-electron chi connectivity index (χ1n) is 21.6. The van der Waals surface area contributed by atoms with Gasteiger partial charge in [-0.05, 0) is 119 Å². The number of anilines is 3. The van der Waals surface area contributed by atoms with E-state index in [2.05, 4.69) is 255 Å². The third-order valence-electron chi connectivity index (χ3n) is 12.9. The molecule has 11 rings (SSSR count). The van der Waals surface area contributed by atoms with Crippen molar-refractivity contribution in [1.82, 2.24) is 0 Å². The van der Waals surface area contributed by atoms with E-state index in [-0.39, 0.29) is 5.41 Å². The number of benzene rings is 10. The largest absolute Gasteiger partial charge is 0.310 e. The summed E-state index contributed by atoms with van der Waals surface area (Å²) in [5.41, 5.74) is 20.6. The molecule has 0 fully saturated rings. The van der Waals surface area contributed by atoms with E-state index in [1.165, 1.54) is 88.7 Å². The third-order valence-corrected chi connectivity index (χ3v) is 12.9. The topological polar surface area (TPSA) is 3.24 Å². The number of nitrogens with zero attached hydrogens (tertiary/aromatic N) is 1. The fourth-order valence-electron chi connectivity index (χ4n) is 9.72. The minimum Gasteiger partial charge on any atom is -0.310 e. The second-order valence-electron chi connectivity index (χ2n) is 16.9. The smallest absolute Gasteiger partial charge is 0.0540 e. The molecule has 0 bridgehead atoms. The molecular formula is C61H45N. The van der Waals surface area contributed by atoms with Crippen LogP contribution >= 0.6 is 0 Å². The Labute approximate surface area is 364 Å². The van der Waals surface area contributed by atoms with E-state index in [1.807, 2.05) is 0 Å². The maximum atomic E-state index is 2.46. The molecule has 0 aliphatic heterocycles. The van der Waals surface area contributed by atoms with Crippen LogP contribution in [0.4, 0.5) is 17.1 Å². The van der Waals surface area contributed by atoms with Crippen LogP contribution in [0, 0.1) is 0 Å². The van der Waals surface area contributed by atoms with E-state index in [0.29, 0.717) is 0 Å². The zero-order valence-corrected chi connectivity index (χ0v) is 35.0. The van der Waals surface area contributed by atoms with E-state index in [0.717, 1.165) is 17.1 Å². The first-order valence-corrected chi connectivity index (χ1v) is 21.6. The minimum atomic E-state index is -0.135. The van der Waals surface area contributed by atoms with Crippen LogP contribution in [0.2, 0.25) is 0 Å². The lowest BCUT2D eigenvalue weighted by molar-refractivity contribution is 0.660. The molecule has 1 heteroatoms. The molecule has 0 atom stereocenters. The lowest BCUT2D eigenvalue weighted by Crippen LogP contribution is -2.17. The van der Waals surface area contributed by atoms with Gasteiger partial charge >= 0.3 is 0 Å². The van der Waals surface area contributed by atoms with Crippen molar-refractivity contribution in [3.63, 3.8) is 0 Å². The highest BCUT2D eigenvalue weighted by Crippen LogP contribution is 2.52. The summed E-state index contributed by atoms with van der Waals surface area (Å²) in [5, 5.41) is 2.52. The minimum absolute atomic E-state index is 0.135. The van der Waals surface area contributed by atoms with E-state index < -0.39 is 0 Å². The molecule has 0 unspecified atom stereocenters. The Morgan fingerprint density at radius 3 is 1.45 bits per heavy atom. The van der Waals surface area contributed by atoms with Gasteiger partial charge in [0.2, 0.25) is 0 Å². The summed E-state index contributed by atoms with van der Waals surface area (Å²) >= 11 is 0. The van der Waals surface area contributed by atoms with Crippen LogP contribution in [0.3, 0.4) is 0 Å². The average Bonchev–Trinajstić information content (AvgIpc) is 3.57. The highest BCUT2D eigenvalue weighted by atomic mass is 15.1. The average molecular weight is 792 g/mol. The molecule has 62 heavy (non-hydrogen) atoms. The van der Waals surface area contributed by atoms with Crippen molar-refractivity contribution in [2.75, 3.05) is 4.90 Å². The summed E-state index contributed by atoms with van der Waals surface area (Å²) in [4.78, 5) is 2.46. The summed E-state index contributed by atoms with van der Waals surface area (Å²) in [5.74, 6) is 0. The molecule has 0 spiro atoms. The molecule has 0 aromatic heterocycles. The summed E-state index contributed by atoms with van der Waals surface area (Å²) in [6.07, 6.45) is 0. The summed E-state index contributed by atoms with van der Waals surface area (Å²) in [7, 11) is 0. The Hall–Kier alpha value is -7.74. The summed E-state index contributed by atoms with van der Waals surface area (Å²) < 4.78 is 0. The molecule has 1 aliphatic rings. The maximum Gasteiger partial charge on any atom is 0.0540 e. The highest BCUT2D eigenvalue weighted by molar-refractivity contribution is 5.98. The predicted octanol–water partition coefficient (Wildman–Crippen LogP) is 17.0. The SMILES string of the molecule is CC1(C)c2ccccc2-c2ccc(N(c3ccc(-c4ccc(-c5ccc6ccccc6c5)cc4)cc3)c3ccccc3-c3ccccc3-c3ccccc3-c3ccccc3)cc21. The molecule has 0 radical (unpaired) electrons. The normalized spacial score (nSPS) is 12.5. The Morgan fingerprint density at radius 1 is 0.274 bits per heavy atom. The van der Waals surface area contributed by atoms with Crippen molar-refractivity contribution in [2.24, 2.45) is 0 Å². The van der Waals surface area contributed by atoms with Crippen LogP contribution in [-0.4, -0.2) is 0 Å². The Balaban J connectivity index is 1.03. The Kier molecular flexibility index (Phi) is 9.24. The zero-order chi connectivity index (χ0) is 41.6. The molecule has 0 N–H and O–H groups in total. The molecule has 10 aromatic rings. The fraction of sp³-hybridized carbons (Fsp3) is 0.0492. The quantitative estimate of drug-likeness (QED) is 0.148. The first-order chi connectivity index (χ1) is 30.5. The van der Waals surface area contributed by atoms with Crippen LogP contribution in [0.1, 0.15) is 25.0 Å². The number of hydrogen-bond donors (Lipinski definition) is 0. The molecule has 0 heterocycles. The molecule has 10 aromatic carbocycles. The molecule has 0 saturated heterocycles. The van der Waals surface area contributed by atoms with Gasteiger partial charge in [-0.15, -0.1) is 0 Å². The van der Waals surface area contributed by atoms with Gasteiger partial charge in [0.05, 0.1) is 5.69 Å². The third kappa shape index (κ3) is 6.51. The van der Waals surface area contributed by atoms with E-state index in [1.54, 1.807) is 0 Å². The highest BCUT2D eigenvalue weighted by Gasteiger charge is 2.36. The Morgan fingerprint density at radius 2 is 0.742 bits per heavy atom. The monoisotopic (exact) mass is 791 g/mol. The van der Waals surface area contributed by atoms with Gasteiger partial charge < -0.3 is 4.90 Å². The van der Waals surface area contributed by atoms with Gasteiger partial charge in [-0.1, -0.05) is 214 Å². The Bertz CT molecular complexity index is 3250. The van der Waals surface area contributed by atoms with Gasteiger partial charge in [-0.25, -0.2) is 0 Å². The number of rotatable bonds is 8. The summed E-state index contributed by atoms with van der Waals surface area (Å²) in [6, 6.07) is 86.6. The van der Waals surface area contributed by atoms with Gasteiger partial charge in [-0.3, -0.25) is 0 Å². The predicted molar refractivity (Wildman–Crippen MR) is 263 cm³/mol. The van der Waals surface area contributed by atoms with Crippen molar-refractivity contribution in [3.05, 3.63) is 248 Å². The molecule has 0 saturated carbocycles. The second kappa shape index (κ2) is 15.4.